The average molecular weight is 533 g/mol. The maximum atomic E-state index is 13.3. The molecule has 2 unspecified atom stereocenters. The highest BCUT2D eigenvalue weighted by atomic mass is 16.5. The summed E-state index contributed by atoms with van der Waals surface area (Å²) in [7, 11) is 1.68. The van der Waals surface area contributed by atoms with Crippen molar-refractivity contribution in [3.05, 3.63) is 84.3 Å². The standard InChI is InChI=1S/C29H36N6O4/c1-29(2,30-3)28(38)32-23(19-39-18-21-11-6-4-7-12-21)26(36)33-24-17-35(20-31-24)25(22-13-8-5-9-14-22)27(37)34-15-10-16-34/h4-9,11-14,17,20,23,25,30H,10,15-16,18-19H2,1-3H3,(H,32,38)(H,33,36). The van der Waals surface area contributed by atoms with Crippen LogP contribution in [0, 0.1) is 0 Å². The number of hydrogen-bond acceptors (Lipinski definition) is 6. The van der Waals surface area contributed by atoms with E-state index in [0.29, 0.717) is 6.61 Å². The van der Waals surface area contributed by atoms with E-state index < -0.39 is 23.5 Å². The summed E-state index contributed by atoms with van der Waals surface area (Å²) >= 11 is 0. The van der Waals surface area contributed by atoms with Crippen LogP contribution in [0.3, 0.4) is 0 Å². The summed E-state index contributed by atoms with van der Waals surface area (Å²) in [5.41, 5.74) is 0.897. The molecule has 0 radical (unpaired) electrons. The molecule has 0 saturated carbocycles. The highest BCUT2D eigenvalue weighted by Gasteiger charge is 2.32. The van der Waals surface area contributed by atoms with E-state index in [9.17, 15) is 14.4 Å². The molecule has 2 aromatic carbocycles. The van der Waals surface area contributed by atoms with Crippen LogP contribution >= 0.6 is 0 Å². The van der Waals surface area contributed by atoms with E-state index in [2.05, 4.69) is 20.9 Å². The number of nitrogens with one attached hydrogen (secondary N) is 3. The number of imidazole rings is 1. The van der Waals surface area contributed by atoms with Gasteiger partial charge in [0.1, 0.15) is 12.1 Å². The fraction of sp³-hybridized carbons (Fsp3) is 0.379. The smallest absolute Gasteiger partial charge is 0.250 e. The number of carbonyl (C=O) groups excluding carboxylic acids is 3. The molecule has 1 aromatic heterocycles. The molecule has 1 saturated heterocycles. The second-order valence-corrected chi connectivity index (χ2v) is 10.1. The largest absolute Gasteiger partial charge is 0.374 e. The van der Waals surface area contributed by atoms with Crippen molar-refractivity contribution in [2.75, 3.05) is 32.1 Å². The zero-order chi connectivity index (χ0) is 27.8. The Bertz CT molecular complexity index is 1260. The summed E-state index contributed by atoms with van der Waals surface area (Å²) in [5, 5.41) is 8.50. The Hall–Kier alpha value is -4.02. The molecular formula is C29H36N6O4. The predicted molar refractivity (Wildman–Crippen MR) is 148 cm³/mol. The van der Waals surface area contributed by atoms with Crippen LogP contribution in [0.15, 0.2) is 73.2 Å². The van der Waals surface area contributed by atoms with Crippen LogP contribution in [0.5, 0.6) is 0 Å². The van der Waals surface area contributed by atoms with Crippen molar-refractivity contribution in [3.63, 3.8) is 0 Å². The minimum atomic E-state index is -0.966. The monoisotopic (exact) mass is 532 g/mol. The molecule has 3 amide bonds. The summed E-state index contributed by atoms with van der Waals surface area (Å²) < 4.78 is 7.50. The van der Waals surface area contributed by atoms with Crippen molar-refractivity contribution < 1.29 is 19.1 Å². The number of rotatable bonds is 12. The van der Waals surface area contributed by atoms with Gasteiger partial charge in [-0.3, -0.25) is 14.4 Å². The molecule has 1 aliphatic heterocycles. The molecule has 4 rings (SSSR count). The van der Waals surface area contributed by atoms with Gasteiger partial charge in [-0.2, -0.15) is 0 Å². The summed E-state index contributed by atoms with van der Waals surface area (Å²) in [6.45, 7) is 5.17. The lowest BCUT2D eigenvalue weighted by Gasteiger charge is -2.34. The van der Waals surface area contributed by atoms with Crippen LogP contribution < -0.4 is 16.0 Å². The number of ether oxygens (including phenoxy) is 1. The van der Waals surface area contributed by atoms with Crippen LogP contribution in [-0.2, 0) is 25.7 Å². The van der Waals surface area contributed by atoms with Crippen LogP contribution in [0.1, 0.15) is 37.4 Å². The van der Waals surface area contributed by atoms with Gasteiger partial charge in [0, 0.05) is 19.3 Å². The van der Waals surface area contributed by atoms with Gasteiger partial charge in [-0.15, -0.1) is 0 Å². The molecule has 10 heteroatoms. The van der Waals surface area contributed by atoms with Gasteiger partial charge in [0.05, 0.1) is 25.1 Å². The Morgan fingerprint density at radius 3 is 2.31 bits per heavy atom. The van der Waals surface area contributed by atoms with E-state index in [-0.39, 0.29) is 24.2 Å². The molecule has 0 aliphatic carbocycles. The molecule has 39 heavy (non-hydrogen) atoms. The Morgan fingerprint density at radius 1 is 1.03 bits per heavy atom. The Labute approximate surface area is 228 Å². The number of nitrogens with zero attached hydrogens (tertiary/aromatic N) is 3. The van der Waals surface area contributed by atoms with E-state index in [0.717, 1.165) is 30.6 Å². The lowest BCUT2D eigenvalue weighted by atomic mass is 10.0. The van der Waals surface area contributed by atoms with Crippen LogP contribution in [0.4, 0.5) is 5.82 Å². The third-order valence-corrected chi connectivity index (χ3v) is 6.88. The number of hydrogen-bond donors (Lipinski definition) is 3. The molecule has 0 spiro atoms. The number of aromatic nitrogens is 2. The Morgan fingerprint density at radius 2 is 1.69 bits per heavy atom. The predicted octanol–water partition coefficient (Wildman–Crippen LogP) is 2.34. The number of anilines is 1. The van der Waals surface area contributed by atoms with Gasteiger partial charge in [-0.25, -0.2) is 4.98 Å². The van der Waals surface area contributed by atoms with Crippen molar-refractivity contribution in [1.29, 1.82) is 0 Å². The molecule has 3 aromatic rings. The molecule has 1 aliphatic rings. The second kappa shape index (κ2) is 12.7. The minimum Gasteiger partial charge on any atom is -0.374 e. The van der Waals surface area contributed by atoms with Gasteiger partial charge < -0.3 is 30.2 Å². The third-order valence-electron chi connectivity index (χ3n) is 6.88. The molecule has 2 atom stereocenters. The van der Waals surface area contributed by atoms with Gasteiger partial charge in [0.15, 0.2) is 5.82 Å². The lowest BCUT2D eigenvalue weighted by Crippen LogP contribution is -2.57. The maximum Gasteiger partial charge on any atom is 0.250 e. The zero-order valence-corrected chi connectivity index (χ0v) is 22.6. The van der Waals surface area contributed by atoms with Gasteiger partial charge in [-0.1, -0.05) is 60.7 Å². The molecular weight excluding hydrogens is 496 g/mol. The highest BCUT2D eigenvalue weighted by molar-refractivity contribution is 5.98. The topological polar surface area (TPSA) is 118 Å². The third kappa shape index (κ3) is 7.10. The van der Waals surface area contributed by atoms with Gasteiger partial charge in [0.25, 0.3) is 5.91 Å². The minimum absolute atomic E-state index is 0.0172. The zero-order valence-electron chi connectivity index (χ0n) is 22.6. The highest BCUT2D eigenvalue weighted by Crippen LogP contribution is 2.24. The molecule has 0 bridgehead atoms. The quantitative estimate of drug-likeness (QED) is 0.330. The molecule has 206 valence electrons. The summed E-state index contributed by atoms with van der Waals surface area (Å²) in [4.78, 5) is 45.6. The fourth-order valence-electron chi connectivity index (χ4n) is 4.05. The summed E-state index contributed by atoms with van der Waals surface area (Å²) in [6.07, 6.45) is 4.16. The SMILES string of the molecule is CNC(C)(C)C(=O)NC(COCc1ccccc1)C(=O)Nc1cn(C(C(=O)N2CCC2)c2ccccc2)cn1. The van der Waals surface area contributed by atoms with Crippen LogP contribution in [0.25, 0.3) is 0 Å². The second-order valence-electron chi connectivity index (χ2n) is 10.1. The first-order valence-corrected chi connectivity index (χ1v) is 13.1. The van der Waals surface area contributed by atoms with Crippen molar-refractivity contribution in [2.45, 2.75) is 44.5 Å². The number of likely N-dealkylation sites (tertiary alicyclic amines) is 1. The van der Waals surface area contributed by atoms with E-state index in [1.807, 2.05) is 65.6 Å². The molecule has 3 N–H and O–H groups in total. The van der Waals surface area contributed by atoms with Gasteiger partial charge in [-0.05, 0) is 38.4 Å². The Kier molecular flexibility index (Phi) is 9.11. The lowest BCUT2D eigenvalue weighted by molar-refractivity contribution is -0.137. The Balaban J connectivity index is 1.48. The molecule has 1 fully saturated rings. The first kappa shape index (κ1) is 28.0. The first-order valence-electron chi connectivity index (χ1n) is 13.1. The van der Waals surface area contributed by atoms with Gasteiger partial charge >= 0.3 is 0 Å². The molecule has 2 heterocycles. The number of amides is 3. The van der Waals surface area contributed by atoms with Crippen molar-refractivity contribution in [3.8, 4) is 0 Å². The summed E-state index contributed by atoms with van der Waals surface area (Å²) in [5.74, 6) is -0.564. The van der Waals surface area contributed by atoms with Crippen molar-refractivity contribution in [1.82, 2.24) is 25.1 Å². The van der Waals surface area contributed by atoms with E-state index in [1.165, 1.54) is 6.33 Å². The van der Waals surface area contributed by atoms with E-state index in [1.54, 1.807) is 31.7 Å². The number of carbonyl (C=O) groups is 3. The fourth-order valence-corrected chi connectivity index (χ4v) is 4.05. The van der Waals surface area contributed by atoms with E-state index >= 15 is 0 Å². The van der Waals surface area contributed by atoms with E-state index in [4.69, 9.17) is 4.74 Å². The summed E-state index contributed by atoms with van der Waals surface area (Å²) in [6, 6.07) is 17.5. The van der Waals surface area contributed by atoms with Crippen LogP contribution in [0.2, 0.25) is 0 Å². The number of likely N-dealkylation sites (N-methyl/N-ethyl adjacent to an activating group) is 1. The van der Waals surface area contributed by atoms with Crippen LogP contribution in [-0.4, -0.2) is 70.5 Å². The number of benzene rings is 2. The first-order chi connectivity index (χ1) is 18.8. The van der Waals surface area contributed by atoms with Crippen molar-refractivity contribution >= 4 is 23.5 Å². The maximum absolute atomic E-state index is 13.3. The normalized spacial score (nSPS) is 14.7. The van der Waals surface area contributed by atoms with Gasteiger partial charge in [0.2, 0.25) is 11.8 Å². The van der Waals surface area contributed by atoms with Crippen molar-refractivity contribution in [2.24, 2.45) is 0 Å². The average Bonchev–Trinajstić information content (AvgIpc) is 3.35. The molecule has 10 nitrogen and oxygen atoms in total.